The maximum Gasteiger partial charge on any atom is 0.173 e. The molecule has 3 atom stereocenters. The lowest BCUT2D eigenvalue weighted by Crippen LogP contribution is -2.18. The van der Waals surface area contributed by atoms with Crippen molar-refractivity contribution in [3.8, 4) is 0 Å². The van der Waals surface area contributed by atoms with Gasteiger partial charge in [-0.1, -0.05) is 60.8 Å². The molecule has 0 saturated heterocycles. The second kappa shape index (κ2) is 9.39. The van der Waals surface area contributed by atoms with Gasteiger partial charge in [0.05, 0.1) is 5.57 Å². The number of aliphatic hydroxyl groups excluding tert-OH is 1. The Balaban J connectivity index is 3.03. The zero-order valence-corrected chi connectivity index (χ0v) is 16.4. The normalized spacial score (nSPS) is 25.0. The Bertz CT molecular complexity index is 473. The minimum Gasteiger partial charge on any atom is -0.511 e. The summed E-state index contributed by atoms with van der Waals surface area (Å²) in [6.45, 7) is 12.5. The molecular weight excluding hydrogens is 300 g/mol. The van der Waals surface area contributed by atoms with E-state index in [0.717, 1.165) is 38.5 Å². The van der Waals surface area contributed by atoms with Crippen molar-refractivity contribution < 1.29 is 14.7 Å². The van der Waals surface area contributed by atoms with Crippen LogP contribution in [0.4, 0.5) is 0 Å². The lowest BCUT2D eigenvalue weighted by molar-refractivity contribution is -0.119. The van der Waals surface area contributed by atoms with Crippen molar-refractivity contribution in [2.45, 2.75) is 80.1 Å². The van der Waals surface area contributed by atoms with E-state index in [2.05, 4.69) is 27.7 Å². The lowest BCUT2D eigenvalue weighted by Gasteiger charge is -2.18. The van der Waals surface area contributed by atoms with E-state index in [-0.39, 0.29) is 40.7 Å². The topological polar surface area (TPSA) is 54.4 Å². The van der Waals surface area contributed by atoms with Crippen LogP contribution in [0.15, 0.2) is 11.3 Å². The maximum absolute atomic E-state index is 12.9. The van der Waals surface area contributed by atoms with Crippen molar-refractivity contribution in [1.82, 2.24) is 0 Å². The summed E-state index contributed by atoms with van der Waals surface area (Å²) in [7, 11) is 0. The quantitative estimate of drug-likeness (QED) is 0.344. The number of aliphatic hydroxyl groups is 1. The number of Topliss-reactive ketones (excluding diaryl/α,β-unsaturated/α-hetero) is 2. The molecule has 3 nitrogen and oxygen atoms in total. The Morgan fingerprint density at radius 3 is 1.88 bits per heavy atom. The number of carbonyl (C=O) groups excluding carboxylic acids is 2. The molecule has 0 bridgehead atoms. The fourth-order valence-corrected chi connectivity index (χ4v) is 3.47. The molecule has 0 radical (unpaired) electrons. The van der Waals surface area contributed by atoms with Crippen LogP contribution in [0.3, 0.4) is 0 Å². The summed E-state index contributed by atoms with van der Waals surface area (Å²) in [6, 6.07) is 0. The number of carbonyl (C=O) groups is 2. The van der Waals surface area contributed by atoms with Gasteiger partial charge in [0.25, 0.3) is 0 Å². The van der Waals surface area contributed by atoms with Crippen molar-refractivity contribution in [2.75, 3.05) is 0 Å². The SMILES string of the molecule is CCC(C)/C(O)=C1\C(=O)[C@@H](CCCC(C)C)[C@@H](CCC(C)C)C1=O. The molecule has 0 aliphatic heterocycles. The highest BCUT2D eigenvalue weighted by Crippen LogP contribution is 2.39. The van der Waals surface area contributed by atoms with Crippen molar-refractivity contribution in [2.24, 2.45) is 29.6 Å². The lowest BCUT2D eigenvalue weighted by atomic mass is 9.84. The summed E-state index contributed by atoms with van der Waals surface area (Å²) in [6.07, 6.45) is 5.24. The highest BCUT2D eigenvalue weighted by atomic mass is 16.3. The standard InChI is InChI=1S/C21H36O3/c1-7-15(6)19(22)18-20(23)16(10-8-9-13(2)3)17(21(18)24)12-11-14(4)5/h13-17,22H,7-12H2,1-6H3/b19-18-/t15?,16-,17+/m0/s1. The second-order valence-electron chi connectivity index (χ2n) is 8.31. The molecule has 24 heavy (non-hydrogen) atoms. The zero-order valence-electron chi connectivity index (χ0n) is 16.4. The van der Waals surface area contributed by atoms with E-state index in [4.69, 9.17) is 0 Å². The van der Waals surface area contributed by atoms with Gasteiger partial charge in [0.2, 0.25) is 0 Å². The van der Waals surface area contributed by atoms with Gasteiger partial charge in [0.15, 0.2) is 11.6 Å². The molecule has 1 unspecified atom stereocenters. The summed E-state index contributed by atoms with van der Waals surface area (Å²) in [5.74, 6) is 0.351. The Kier molecular flexibility index (Phi) is 8.18. The van der Waals surface area contributed by atoms with Crippen LogP contribution in [0, 0.1) is 29.6 Å². The van der Waals surface area contributed by atoms with Crippen molar-refractivity contribution in [3.05, 3.63) is 11.3 Å². The first kappa shape index (κ1) is 20.9. The summed E-state index contributed by atoms with van der Waals surface area (Å²) < 4.78 is 0. The number of hydrogen-bond donors (Lipinski definition) is 1. The molecule has 0 aromatic carbocycles. The number of ketones is 2. The second-order valence-corrected chi connectivity index (χ2v) is 8.31. The van der Waals surface area contributed by atoms with Crippen LogP contribution in [-0.2, 0) is 9.59 Å². The highest BCUT2D eigenvalue weighted by molar-refractivity contribution is 6.27. The van der Waals surface area contributed by atoms with Crippen LogP contribution >= 0.6 is 0 Å². The predicted molar refractivity (Wildman–Crippen MR) is 98.9 cm³/mol. The largest absolute Gasteiger partial charge is 0.511 e. The van der Waals surface area contributed by atoms with Crippen molar-refractivity contribution in [1.29, 1.82) is 0 Å². The molecule has 1 N–H and O–H groups in total. The molecule has 0 spiro atoms. The van der Waals surface area contributed by atoms with Crippen LogP contribution in [0.5, 0.6) is 0 Å². The van der Waals surface area contributed by atoms with Crippen LogP contribution < -0.4 is 0 Å². The van der Waals surface area contributed by atoms with E-state index in [1.54, 1.807) is 0 Å². The van der Waals surface area contributed by atoms with Gasteiger partial charge in [-0.2, -0.15) is 0 Å². The minimum absolute atomic E-state index is 0.0217. The smallest absolute Gasteiger partial charge is 0.173 e. The monoisotopic (exact) mass is 336 g/mol. The third-order valence-corrected chi connectivity index (χ3v) is 5.34. The first-order valence-corrected chi connectivity index (χ1v) is 9.72. The van der Waals surface area contributed by atoms with E-state index < -0.39 is 0 Å². The van der Waals surface area contributed by atoms with Gasteiger partial charge in [-0.25, -0.2) is 0 Å². The molecule has 0 aromatic heterocycles. The molecule has 3 heteroatoms. The average molecular weight is 337 g/mol. The van der Waals surface area contributed by atoms with Gasteiger partial charge >= 0.3 is 0 Å². The maximum atomic E-state index is 12.9. The number of rotatable bonds is 9. The zero-order chi connectivity index (χ0) is 18.4. The van der Waals surface area contributed by atoms with E-state index in [0.29, 0.717) is 11.8 Å². The fourth-order valence-electron chi connectivity index (χ4n) is 3.47. The molecule has 1 saturated carbocycles. The molecular formula is C21H36O3. The van der Waals surface area contributed by atoms with Crippen LogP contribution in [-0.4, -0.2) is 16.7 Å². The Morgan fingerprint density at radius 1 is 0.917 bits per heavy atom. The number of hydrogen-bond acceptors (Lipinski definition) is 3. The first-order valence-electron chi connectivity index (χ1n) is 9.72. The Hall–Kier alpha value is -1.12. The molecule has 1 rings (SSSR count). The van der Waals surface area contributed by atoms with Gasteiger partial charge in [-0.3, -0.25) is 9.59 Å². The third-order valence-electron chi connectivity index (χ3n) is 5.34. The average Bonchev–Trinajstić information content (AvgIpc) is 2.74. The van der Waals surface area contributed by atoms with Gasteiger partial charge in [0.1, 0.15) is 5.76 Å². The molecule has 1 aliphatic rings. The summed E-state index contributed by atoms with van der Waals surface area (Å²) in [5.41, 5.74) is 0.118. The molecule has 1 aliphatic carbocycles. The van der Waals surface area contributed by atoms with Crippen LogP contribution in [0.1, 0.15) is 80.1 Å². The molecule has 0 heterocycles. The van der Waals surface area contributed by atoms with Crippen LogP contribution in [0.2, 0.25) is 0 Å². The molecule has 1 fully saturated rings. The van der Waals surface area contributed by atoms with E-state index >= 15 is 0 Å². The summed E-state index contributed by atoms with van der Waals surface area (Å²) in [5, 5.41) is 10.4. The fraction of sp³-hybridized carbons (Fsp3) is 0.810. The van der Waals surface area contributed by atoms with Gasteiger partial charge < -0.3 is 5.11 Å². The summed E-state index contributed by atoms with van der Waals surface area (Å²) >= 11 is 0. The minimum atomic E-state index is -0.228. The van der Waals surface area contributed by atoms with Gasteiger partial charge in [-0.15, -0.1) is 0 Å². The first-order chi connectivity index (χ1) is 11.2. The van der Waals surface area contributed by atoms with E-state index in [1.807, 2.05) is 13.8 Å². The van der Waals surface area contributed by atoms with Crippen molar-refractivity contribution in [3.63, 3.8) is 0 Å². The number of allylic oxidation sites excluding steroid dienone is 2. The van der Waals surface area contributed by atoms with Gasteiger partial charge in [0, 0.05) is 17.8 Å². The third kappa shape index (κ3) is 5.19. The van der Waals surface area contributed by atoms with E-state index in [1.165, 1.54) is 0 Å². The highest BCUT2D eigenvalue weighted by Gasteiger charge is 2.46. The van der Waals surface area contributed by atoms with E-state index in [9.17, 15) is 14.7 Å². The van der Waals surface area contributed by atoms with Crippen molar-refractivity contribution >= 4 is 11.6 Å². The molecule has 0 aromatic rings. The van der Waals surface area contributed by atoms with Gasteiger partial charge in [-0.05, 0) is 31.1 Å². The van der Waals surface area contributed by atoms with Crippen LogP contribution in [0.25, 0.3) is 0 Å². The summed E-state index contributed by atoms with van der Waals surface area (Å²) in [4.78, 5) is 25.7. The Morgan fingerprint density at radius 2 is 1.42 bits per heavy atom. The molecule has 0 amide bonds. The molecule has 138 valence electrons. The predicted octanol–water partition coefficient (Wildman–Crippen LogP) is 5.49. The Labute approximate surface area is 147 Å².